The van der Waals surface area contributed by atoms with Gasteiger partial charge in [0, 0.05) is 30.4 Å². The second kappa shape index (κ2) is 8.95. The third kappa shape index (κ3) is 5.36. The summed E-state index contributed by atoms with van der Waals surface area (Å²) in [5, 5.41) is 7.31. The highest BCUT2D eigenvalue weighted by atomic mass is 32.1. The van der Waals surface area contributed by atoms with Crippen LogP contribution in [-0.2, 0) is 10.2 Å². The van der Waals surface area contributed by atoms with E-state index in [2.05, 4.69) is 55.7 Å². The van der Waals surface area contributed by atoms with E-state index in [-0.39, 0.29) is 17.4 Å². The van der Waals surface area contributed by atoms with Crippen LogP contribution in [0.2, 0.25) is 0 Å². The van der Waals surface area contributed by atoms with Crippen molar-refractivity contribution in [3.05, 3.63) is 59.7 Å². The molecule has 29 heavy (non-hydrogen) atoms. The zero-order valence-corrected chi connectivity index (χ0v) is 18.6. The number of anilines is 2. The van der Waals surface area contributed by atoms with Gasteiger partial charge in [-0.2, -0.15) is 0 Å². The largest absolute Gasteiger partial charge is 0.360 e. The Balaban J connectivity index is 1.57. The summed E-state index contributed by atoms with van der Waals surface area (Å²) in [5.74, 6) is 0.209. The molecule has 2 aromatic rings. The Bertz CT molecular complexity index is 879. The molecule has 1 fully saturated rings. The molecule has 0 radical (unpaired) electrons. The fourth-order valence-electron chi connectivity index (χ4n) is 4.15. The summed E-state index contributed by atoms with van der Waals surface area (Å²) in [4.78, 5) is 13.9. The number of aryl methyl sites for hydroxylation is 1. The SMILES string of the molecule is Cc1cc(NC(=S)NC(C)CC(C)(C)c2ccccc2)ccc1N1CCCC1=O. The molecule has 0 saturated carbocycles. The second-order valence-electron chi connectivity index (χ2n) is 8.60. The average molecular weight is 410 g/mol. The van der Waals surface area contributed by atoms with Gasteiger partial charge in [0.15, 0.2) is 5.11 Å². The van der Waals surface area contributed by atoms with Gasteiger partial charge in [-0.3, -0.25) is 4.79 Å². The molecular formula is C24H31N3OS. The van der Waals surface area contributed by atoms with Gasteiger partial charge in [0.1, 0.15) is 0 Å². The fourth-order valence-corrected chi connectivity index (χ4v) is 4.47. The smallest absolute Gasteiger partial charge is 0.227 e. The minimum atomic E-state index is 0.0593. The van der Waals surface area contributed by atoms with E-state index in [4.69, 9.17) is 12.2 Å². The Kier molecular flexibility index (Phi) is 6.58. The summed E-state index contributed by atoms with van der Waals surface area (Å²) in [5.41, 5.74) is 4.39. The predicted molar refractivity (Wildman–Crippen MR) is 126 cm³/mol. The van der Waals surface area contributed by atoms with Crippen molar-refractivity contribution >= 4 is 34.6 Å². The molecule has 1 aliphatic heterocycles. The molecule has 2 N–H and O–H groups in total. The fraction of sp³-hybridized carbons (Fsp3) is 0.417. The molecule has 1 atom stereocenters. The molecule has 2 aromatic carbocycles. The van der Waals surface area contributed by atoms with Crippen LogP contribution >= 0.6 is 12.2 Å². The van der Waals surface area contributed by atoms with E-state index in [0.717, 1.165) is 36.3 Å². The first-order valence-corrected chi connectivity index (χ1v) is 10.7. The summed E-state index contributed by atoms with van der Waals surface area (Å²) >= 11 is 5.53. The minimum Gasteiger partial charge on any atom is -0.360 e. The highest BCUT2D eigenvalue weighted by Crippen LogP contribution is 2.29. The van der Waals surface area contributed by atoms with E-state index >= 15 is 0 Å². The van der Waals surface area contributed by atoms with E-state index in [1.54, 1.807) is 0 Å². The van der Waals surface area contributed by atoms with Crippen LogP contribution in [-0.4, -0.2) is 23.6 Å². The van der Waals surface area contributed by atoms with Gasteiger partial charge < -0.3 is 15.5 Å². The maximum Gasteiger partial charge on any atom is 0.227 e. The highest BCUT2D eigenvalue weighted by molar-refractivity contribution is 7.80. The highest BCUT2D eigenvalue weighted by Gasteiger charge is 2.24. The first-order valence-electron chi connectivity index (χ1n) is 10.3. The Labute approximate surface area is 179 Å². The summed E-state index contributed by atoms with van der Waals surface area (Å²) in [6, 6.07) is 16.9. The van der Waals surface area contributed by atoms with Crippen LogP contribution in [0.1, 0.15) is 51.2 Å². The number of amides is 1. The Hall–Kier alpha value is -2.40. The van der Waals surface area contributed by atoms with Gasteiger partial charge in [-0.05, 0) is 73.6 Å². The van der Waals surface area contributed by atoms with Gasteiger partial charge in [0.05, 0.1) is 0 Å². The lowest BCUT2D eigenvalue weighted by Gasteiger charge is -2.29. The molecule has 1 aliphatic rings. The quantitative estimate of drug-likeness (QED) is 0.647. The van der Waals surface area contributed by atoms with Crippen molar-refractivity contribution in [2.45, 2.75) is 58.4 Å². The number of nitrogens with one attached hydrogen (secondary N) is 2. The molecule has 1 amide bonds. The number of hydrogen-bond donors (Lipinski definition) is 2. The van der Waals surface area contributed by atoms with Crippen LogP contribution in [0.5, 0.6) is 0 Å². The first-order chi connectivity index (χ1) is 13.8. The van der Waals surface area contributed by atoms with Crippen molar-refractivity contribution < 1.29 is 4.79 Å². The summed E-state index contributed by atoms with van der Waals surface area (Å²) in [7, 11) is 0. The molecule has 154 valence electrons. The van der Waals surface area contributed by atoms with Crippen LogP contribution in [0.25, 0.3) is 0 Å². The first kappa shape index (κ1) is 21.3. The lowest BCUT2D eigenvalue weighted by atomic mass is 9.79. The molecule has 0 aliphatic carbocycles. The van der Waals surface area contributed by atoms with Gasteiger partial charge in [-0.15, -0.1) is 0 Å². The zero-order valence-electron chi connectivity index (χ0n) is 17.8. The van der Waals surface area contributed by atoms with Crippen molar-refractivity contribution in [1.82, 2.24) is 5.32 Å². The number of nitrogens with zero attached hydrogens (tertiary/aromatic N) is 1. The molecule has 0 aromatic heterocycles. The van der Waals surface area contributed by atoms with Crippen LogP contribution in [0.4, 0.5) is 11.4 Å². The van der Waals surface area contributed by atoms with Crippen molar-refractivity contribution in [3.8, 4) is 0 Å². The maximum atomic E-state index is 12.0. The molecule has 3 rings (SSSR count). The van der Waals surface area contributed by atoms with E-state index < -0.39 is 0 Å². The summed E-state index contributed by atoms with van der Waals surface area (Å²) in [6.45, 7) is 9.53. The number of carbonyl (C=O) groups excluding carboxylic acids is 1. The van der Waals surface area contributed by atoms with E-state index in [9.17, 15) is 4.79 Å². The monoisotopic (exact) mass is 409 g/mol. The van der Waals surface area contributed by atoms with E-state index in [0.29, 0.717) is 11.5 Å². The lowest BCUT2D eigenvalue weighted by molar-refractivity contribution is -0.117. The van der Waals surface area contributed by atoms with Gasteiger partial charge in [-0.1, -0.05) is 44.2 Å². The Morgan fingerprint density at radius 2 is 1.93 bits per heavy atom. The number of rotatable bonds is 6. The van der Waals surface area contributed by atoms with E-state index in [1.807, 2.05) is 36.1 Å². The third-order valence-corrected chi connectivity index (χ3v) is 5.79. The number of carbonyl (C=O) groups is 1. The van der Waals surface area contributed by atoms with Crippen LogP contribution in [0, 0.1) is 6.92 Å². The van der Waals surface area contributed by atoms with Gasteiger partial charge >= 0.3 is 0 Å². The molecule has 0 bridgehead atoms. The van der Waals surface area contributed by atoms with Gasteiger partial charge in [0.25, 0.3) is 0 Å². The molecule has 1 saturated heterocycles. The van der Waals surface area contributed by atoms with Crippen LogP contribution in [0.3, 0.4) is 0 Å². The summed E-state index contributed by atoms with van der Waals surface area (Å²) < 4.78 is 0. The summed E-state index contributed by atoms with van der Waals surface area (Å²) in [6.07, 6.45) is 2.54. The molecular weight excluding hydrogens is 378 g/mol. The van der Waals surface area contributed by atoms with E-state index in [1.165, 1.54) is 5.56 Å². The predicted octanol–water partition coefficient (Wildman–Crippen LogP) is 5.16. The molecule has 4 nitrogen and oxygen atoms in total. The average Bonchev–Trinajstić information content (AvgIpc) is 3.07. The Morgan fingerprint density at radius 3 is 2.55 bits per heavy atom. The van der Waals surface area contributed by atoms with Crippen molar-refractivity contribution in [2.75, 3.05) is 16.8 Å². The normalized spacial score (nSPS) is 15.3. The van der Waals surface area contributed by atoms with Gasteiger partial charge in [-0.25, -0.2) is 0 Å². The Morgan fingerprint density at radius 1 is 1.21 bits per heavy atom. The number of thiocarbonyl (C=S) groups is 1. The van der Waals surface area contributed by atoms with Crippen molar-refractivity contribution in [1.29, 1.82) is 0 Å². The second-order valence-corrected chi connectivity index (χ2v) is 9.01. The van der Waals surface area contributed by atoms with Crippen LogP contribution < -0.4 is 15.5 Å². The van der Waals surface area contributed by atoms with Crippen LogP contribution in [0.15, 0.2) is 48.5 Å². The molecule has 0 spiro atoms. The van der Waals surface area contributed by atoms with Crippen molar-refractivity contribution in [2.24, 2.45) is 0 Å². The standard InChI is InChI=1S/C24H31N3OS/c1-17-15-20(12-13-21(17)27-14-8-11-22(27)28)26-23(29)25-18(2)16-24(3,4)19-9-6-5-7-10-19/h5-7,9-10,12-13,15,18H,8,11,14,16H2,1-4H3,(H2,25,26,29). The lowest BCUT2D eigenvalue weighted by Crippen LogP contribution is -2.39. The number of benzene rings is 2. The minimum absolute atomic E-state index is 0.0593. The maximum absolute atomic E-state index is 12.0. The molecule has 1 heterocycles. The zero-order chi connectivity index (χ0) is 21.0. The number of hydrogen-bond acceptors (Lipinski definition) is 2. The molecule has 5 heteroatoms. The third-order valence-electron chi connectivity index (χ3n) is 5.57. The molecule has 1 unspecified atom stereocenters. The topological polar surface area (TPSA) is 44.4 Å². The van der Waals surface area contributed by atoms with Gasteiger partial charge in [0.2, 0.25) is 5.91 Å². The van der Waals surface area contributed by atoms with Crippen molar-refractivity contribution in [3.63, 3.8) is 0 Å².